The molecule has 1 unspecified atom stereocenters. The maximum Gasteiger partial charge on any atom is 0.245 e. The van der Waals surface area contributed by atoms with Crippen LogP contribution in [0.4, 0.5) is 5.13 Å². The topological polar surface area (TPSA) is 71.5 Å². The van der Waals surface area contributed by atoms with Gasteiger partial charge in [-0.2, -0.15) is 0 Å². The number of nitrogens with zero attached hydrogens (tertiary/aromatic N) is 2. The molecule has 1 aromatic rings. The van der Waals surface area contributed by atoms with Crippen LogP contribution in [0, 0.1) is 18.3 Å². The van der Waals surface area contributed by atoms with Gasteiger partial charge in [0.25, 0.3) is 0 Å². The summed E-state index contributed by atoms with van der Waals surface area (Å²) in [5.74, 6) is 0.0778. The van der Waals surface area contributed by atoms with E-state index in [0.717, 1.165) is 12.1 Å². The normalized spacial score (nSPS) is 12.7. The van der Waals surface area contributed by atoms with Crippen molar-refractivity contribution in [2.75, 3.05) is 32.1 Å². The van der Waals surface area contributed by atoms with Crippen LogP contribution in [0.3, 0.4) is 0 Å². The van der Waals surface area contributed by atoms with Gasteiger partial charge < -0.3 is 15.0 Å². The van der Waals surface area contributed by atoms with Crippen molar-refractivity contribution in [1.82, 2.24) is 9.88 Å². The molecule has 0 aromatic carbocycles. The summed E-state index contributed by atoms with van der Waals surface area (Å²) in [6, 6.07) is 0. The fourth-order valence-corrected chi connectivity index (χ4v) is 3.68. The Kier molecular flexibility index (Phi) is 9.22. The smallest absolute Gasteiger partial charge is 0.245 e. The molecular weight excluding hydrogens is 350 g/mol. The highest BCUT2D eigenvalue weighted by atomic mass is 32.1. The first-order valence-electron chi connectivity index (χ1n) is 9.09. The predicted octanol–water partition coefficient (Wildman–Crippen LogP) is 3.72. The molecule has 1 atom stereocenters. The molecular formula is C19H33N3O3S. The van der Waals surface area contributed by atoms with E-state index >= 15 is 0 Å². The number of carbonyl (C=O) groups is 2. The Bertz CT molecular complexity index is 581. The van der Waals surface area contributed by atoms with E-state index in [-0.39, 0.29) is 29.7 Å². The lowest BCUT2D eigenvalue weighted by molar-refractivity contribution is -0.135. The fraction of sp³-hybridized carbons (Fsp3) is 0.737. The van der Waals surface area contributed by atoms with Gasteiger partial charge in [0.05, 0.1) is 12.2 Å². The standard InChI is InChI=1S/C19H33N3O3S/c1-14(11-19(3,4)5)10-17(24)22(8-7-9-25-6)12-16(23)21-18-20-15(2)13-26-18/h13-14H,7-12H2,1-6H3,(H,20,21,23). The maximum atomic E-state index is 12.7. The molecule has 7 heteroatoms. The second kappa shape index (κ2) is 10.6. The summed E-state index contributed by atoms with van der Waals surface area (Å²) in [4.78, 5) is 30.9. The number of amides is 2. The molecule has 148 valence electrons. The van der Waals surface area contributed by atoms with Crippen molar-refractivity contribution >= 4 is 28.3 Å². The van der Waals surface area contributed by atoms with Crippen molar-refractivity contribution in [3.8, 4) is 0 Å². The Labute approximate surface area is 161 Å². The lowest BCUT2D eigenvalue weighted by Gasteiger charge is -2.26. The second-order valence-corrected chi connectivity index (χ2v) is 8.94. The quantitative estimate of drug-likeness (QED) is 0.625. The lowest BCUT2D eigenvalue weighted by atomic mass is 9.84. The third-order valence-electron chi connectivity index (χ3n) is 3.81. The summed E-state index contributed by atoms with van der Waals surface area (Å²) in [5, 5.41) is 5.22. The second-order valence-electron chi connectivity index (χ2n) is 8.08. The van der Waals surface area contributed by atoms with Crippen LogP contribution in [-0.4, -0.2) is 48.5 Å². The van der Waals surface area contributed by atoms with Crippen molar-refractivity contribution < 1.29 is 14.3 Å². The maximum absolute atomic E-state index is 12.7. The minimum atomic E-state index is -0.214. The summed E-state index contributed by atoms with van der Waals surface area (Å²) in [5.41, 5.74) is 1.05. The molecule has 0 saturated carbocycles. The number of ether oxygens (including phenoxy) is 1. The van der Waals surface area contributed by atoms with E-state index in [1.807, 2.05) is 12.3 Å². The number of hydrogen-bond acceptors (Lipinski definition) is 5. The first-order valence-corrected chi connectivity index (χ1v) is 9.97. The van der Waals surface area contributed by atoms with Crippen LogP contribution in [0.1, 0.15) is 52.7 Å². The molecule has 0 aliphatic rings. The summed E-state index contributed by atoms with van der Waals surface area (Å²) < 4.78 is 5.08. The molecule has 1 heterocycles. The molecule has 0 saturated heterocycles. The van der Waals surface area contributed by atoms with Crippen LogP contribution < -0.4 is 5.32 Å². The molecule has 6 nitrogen and oxygen atoms in total. The van der Waals surface area contributed by atoms with Crippen LogP contribution in [0.5, 0.6) is 0 Å². The van der Waals surface area contributed by atoms with Crippen LogP contribution in [0.2, 0.25) is 0 Å². The van der Waals surface area contributed by atoms with E-state index in [9.17, 15) is 9.59 Å². The molecule has 0 aliphatic heterocycles. The molecule has 0 fully saturated rings. The first-order chi connectivity index (χ1) is 12.1. The van der Waals surface area contributed by atoms with Crippen molar-refractivity contribution in [3.63, 3.8) is 0 Å². The molecule has 1 rings (SSSR count). The highest BCUT2D eigenvalue weighted by Gasteiger charge is 2.22. The summed E-state index contributed by atoms with van der Waals surface area (Å²) in [6.07, 6.45) is 2.13. The SMILES string of the molecule is COCCCN(CC(=O)Nc1nc(C)cs1)C(=O)CC(C)CC(C)(C)C. The van der Waals surface area contributed by atoms with Gasteiger partial charge >= 0.3 is 0 Å². The van der Waals surface area contributed by atoms with E-state index in [0.29, 0.717) is 31.1 Å². The first kappa shape index (κ1) is 22.6. The fourth-order valence-electron chi connectivity index (χ4n) is 2.98. The zero-order chi connectivity index (χ0) is 19.7. The number of carbonyl (C=O) groups excluding carboxylic acids is 2. The Balaban J connectivity index is 2.64. The zero-order valence-corrected chi connectivity index (χ0v) is 17.7. The molecule has 0 bridgehead atoms. The molecule has 1 aromatic heterocycles. The van der Waals surface area contributed by atoms with E-state index in [1.165, 1.54) is 11.3 Å². The van der Waals surface area contributed by atoms with E-state index in [1.54, 1.807) is 12.0 Å². The van der Waals surface area contributed by atoms with Crippen molar-refractivity contribution in [2.45, 2.75) is 53.9 Å². The van der Waals surface area contributed by atoms with Gasteiger partial charge in [0.15, 0.2) is 5.13 Å². The van der Waals surface area contributed by atoms with Crippen LogP contribution >= 0.6 is 11.3 Å². The van der Waals surface area contributed by atoms with Crippen molar-refractivity contribution in [3.05, 3.63) is 11.1 Å². The Morgan fingerprint density at radius 2 is 2.08 bits per heavy atom. The largest absolute Gasteiger partial charge is 0.385 e. The number of aromatic nitrogens is 1. The minimum Gasteiger partial charge on any atom is -0.385 e. The third-order valence-corrected chi connectivity index (χ3v) is 4.69. The van der Waals surface area contributed by atoms with Gasteiger partial charge in [0, 0.05) is 32.1 Å². The van der Waals surface area contributed by atoms with Crippen LogP contribution in [-0.2, 0) is 14.3 Å². The van der Waals surface area contributed by atoms with Crippen LogP contribution in [0.15, 0.2) is 5.38 Å². The van der Waals surface area contributed by atoms with Gasteiger partial charge in [-0.1, -0.05) is 27.7 Å². The molecule has 0 aliphatic carbocycles. The number of aryl methyl sites for hydroxylation is 1. The summed E-state index contributed by atoms with van der Waals surface area (Å²) in [6.45, 7) is 11.6. The monoisotopic (exact) mass is 383 g/mol. The van der Waals surface area contributed by atoms with Gasteiger partial charge in [0.2, 0.25) is 11.8 Å². The number of rotatable bonds is 10. The number of hydrogen-bond donors (Lipinski definition) is 1. The number of anilines is 1. The molecule has 0 spiro atoms. The van der Waals surface area contributed by atoms with E-state index in [2.05, 4.69) is 38.0 Å². The average molecular weight is 384 g/mol. The van der Waals surface area contributed by atoms with Gasteiger partial charge in [0.1, 0.15) is 0 Å². The van der Waals surface area contributed by atoms with E-state index in [4.69, 9.17) is 4.74 Å². The van der Waals surface area contributed by atoms with E-state index < -0.39 is 0 Å². The minimum absolute atomic E-state index is 0.0170. The lowest BCUT2D eigenvalue weighted by Crippen LogP contribution is -2.39. The summed E-state index contributed by atoms with van der Waals surface area (Å²) in [7, 11) is 1.63. The van der Waals surface area contributed by atoms with Crippen molar-refractivity contribution in [1.29, 1.82) is 0 Å². The summed E-state index contributed by atoms with van der Waals surface area (Å²) >= 11 is 1.39. The molecule has 2 amide bonds. The van der Waals surface area contributed by atoms with Gasteiger partial charge in [-0.3, -0.25) is 9.59 Å². The Hall–Kier alpha value is -1.47. The van der Waals surface area contributed by atoms with Gasteiger partial charge in [-0.05, 0) is 31.1 Å². The molecule has 26 heavy (non-hydrogen) atoms. The third kappa shape index (κ3) is 9.29. The van der Waals surface area contributed by atoms with Gasteiger partial charge in [-0.15, -0.1) is 11.3 Å². The Morgan fingerprint density at radius 3 is 2.62 bits per heavy atom. The highest BCUT2D eigenvalue weighted by Crippen LogP contribution is 2.26. The highest BCUT2D eigenvalue weighted by molar-refractivity contribution is 7.13. The van der Waals surface area contributed by atoms with Crippen LogP contribution in [0.25, 0.3) is 0 Å². The van der Waals surface area contributed by atoms with Crippen molar-refractivity contribution in [2.24, 2.45) is 11.3 Å². The molecule has 1 N–H and O–H groups in total. The number of thiazole rings is 1. The van der Waals surface area contributed by atoms with Gasteiger partial charge in [-0.25, -0.2) is 4.98 Å². The number of nitrogens with one attached hydrogen (secondary N) is 1. The zero-order valence-electron chi connectivity index (χ0n) is 16.9. The number of methoxy groups -OCH3 is 1. The Morgan fingerprint density at radius 1 is 1.38 bits per heavy atom. The molecule has 0 radical (unpaired) electrons. The average Bonchev–Trinajstić information content (AvgIpc) is 2.89. The predicted molar refractivity (Wildman–Crippen MR) is 106 cm³/mol.